The Morgan fingerprint density at radius 2 is 1.40 bits per heavy atom. The Balaban J connectivity index is 2.56. The van der Waals surface area contributed by atoms with Gasteiger partial charge in [-0.25, -0.2) is 9.59 Å². The van der Waals surface area contributed by atoms with Gasteiger partial charge in [-0.2, -0.15) is 0 Å². The van der Waals surface area contributed by atoms with Crippen LogP contribution < -0.4 is 9.47 Å². The Morgan fingerprint density at radius 3 is 1.97 bits per heavy atom. The molecule has 0 aromatic heterocycles. The summed E-state index contributed by atoms with van der Waals surface area (Å²) in [6.07, 6.45) is 0. The first-order valence-electron chi connectivity index (χ1n) is 8.71. The average Bonchev–Trinajstić information content (AvgIpc) is 2.77. The SMILES string of the molecule is COC(=O)c1cc2cc(OC)c(OC)cc2c(-c2ccc(Cl)c(Cl)c2)c1C(=O)OC. The van der Waals surface area contributed by atoms with Gasteiger partial charge in [-0.3, -0.25) is 0 Å². The Morgan fingerprint density at radius 1 is 0.767 bits per heavy atom. The third-order valence-electron chi connectivity index (χ3n) is 4.65. The number of halogens is 2. The van der Waals surface area contributed by atoms with Crippen LogP contribution in [-0.4, -0.2) is 40.4 Å². The maximum atomic E-state index is 12.8. The minimum Gasteiger partial charge on any atom is -0.493 e. The first kappa shape index (κ1) is 21.7. The van der Waals surface area contributed by atoms with Crippen LogP contribution in [0.15, 0.2) is 36.4 Å². The van der Waals surface area contributed by atoms with Gasteiger partial charge in [-0.05, 0) is 46.7 Å². The summed E-state index contributed by atoms with van der Waals surface area (Å²) >= 11 is 12.3. The summed E-state index contributed by atoms with van der Waals surface area (Å²) in [5.74, 6) is -0.471. The summed E-state index contributed by atoms with van der Waals surface area (Å²) in [4.78, 5) is 25.3. The largest absolute Gasteiger partial charge is 0.493 e. The first-order valence-corrected chi connectivity index (χ1v) is 9.46. The Labute approximate surface area is 183 Å². The van der Waals surface area contributed by atoms with E-state index in [9.17, 15) is 9.59 Å². The summed E-state index contributed by atoms with van der Waals surface area (Å²) in [5, 5.41) is 1.90. The molecule has 0 saturated heterocycles. The summed E-state index contributed by atoms with van der Waals surface area (Å²) in [6, 6.07) is 9.91. The van der Waals surface area contributed by atoms with Crippen LogP contribution in [0.25, 0.3) is 21.9 Å². The van der Waals surface area contributed by atoms with Gasteiger partial charge in [-0.15, -0.1) is 0 Å². The highest BCUT2D eigenvalue weighted by atomic mass is 35.5. The fourth-order valence-electron chi connectivity index (χ4n) is 3.26. The number of esters is 2. The maximum Gasteiger partial charge on any atom is 0.339 e. The fourth-order valence-corrected chi connectivity index (χ4v) is 3.56. The molecule has 0 radical (unpaired) electrons. The highest BCUT2D eigenvalue weighted by Gasteiger charge is 2.27. The van der Waals surface area contributed by atoms with E-state index in [0.717, 1.165) is 0 Å². The van der Waals surface area contributed by atoms with E-state index in [1.807, 2.05) is 0 Å². The highest BCUT2D eigenvalue weighted by Crippen LogP contribution is 2.42. The van der Waals surface area contributed by atoms with Crippen LogP contribution in [0.2, 0.25) is 10.0 Å². The number of carbonyl (C=O) groups is 2. The zero-order valence-corrected chi connectivity index (χ0v) is 18.2. The lowest BCUT2D eigenvalue weighted by molar-refractivity contribution is 0.0556. The average molecular weight is 449 g/mol. The Hall–Kier alpha value is -2.96. The zero-order valence-electron chi connectivity index (χ0n) is 16.7. The highest BCUT2D eigenvalue weighted by molar-refractivity contribution is 6.42. The van der Waals surface area contributed by atoms with Crippen LogP contribution in [-0.2, 0) is 9.47 Å². The first-order chi connectivity index (χ1) is 14.4. The molecule has 0 N–H and O–H groups in total. The van der Waals surface area contributed by atoms with Crippen molar-refractivity contribution in [3.63, 3.8) is 0 Å². The quantitative estimate of drug-likeness (QED) is 0.486. The lowest BCUT2D eigenvalue weighted by atomic mass is 9.89. The van der Waals surface area contributed by atoms with E-state index in [2.05, 4.69) is 0 Å². The van der Waals surface area contributed by atoms with Crippen LogP contribution in [0.5, 0.6) is 11.5 Å². The number of hydrogen-bond acceptors (Lipinski definition) is 6. The Bertz CT molecular complexity index is 1160. The number of methoxy groups -OCH3 is 4. The monoisotopic (exact) mass is 448 g/mol. The second-order valence-corrected chi connectivity index (χ2v) is 7.03. The molecule has 0 aliphatic carbocycles. The number of carbonyl (C=O) groups excluding carboxylic acids is 2. The van der Waals surface area contributed by atoms with Crippen molar-refractivity contribution in [2.45, 2.75) is 0 Å². The van der Waals surface area contributed by atoms with E-state index in [1.165, 1.54) is 28.4 Å². The predicted octanol–water partition coefficient (Wildman–Crippen LogP) is 5.40. The smallest absolute Gasteiger partial charge is 0.339 e. The van der Waals surface area contributed by atoms with Gasteiger partial charge in [0, 0.05) is 5.56 Å². The summed E-state index contributed by atoms with van der Waals surface area (Å²) in [6.45, 7) is 0. The molecule has 0 unspecified atom stereocenters. The second-order valence-electron chi connectivity index (χ2n) is 6.21. The second kappa shape index (κ2) is 8.81. The fraction of sp³-hybridized carbons (Fsp3) is 0.182. The van der Waals surface area contributed by atoms with Gasteiger partial charge in [0.25, 0.3) is 0 Å². The number of benzene rings is 3. The number of rotatable bonds is 5. The molecule has 0 atom stereocenters. The van der Waals surface area contributed by atoms with Crippen LogP contribution in [0.4, 0.5) is 0 Å². The van der Waals surface area contributed by atoms with Crippen LogP contribution >= 0.6 is 23.2 Å². The molecule has 0 saturated carbocycles. The molecular formula is C22H18Cl2O6. The molecule has 0 amide bonds. The number of hydrogen-bond donors (Lipinski definition) is 0. The van der Waals surface area contributed by atoms with Crippen LogP contribution in [0.1, 0.15) is 20.7 Å². The Kier molecular flexibility index (Phi) is 6.39. The van der Waals surface area contributed by atoms with Crippen LogP contribution in [0.3, 0.4) is 0 Å². The lowest BCUT2D eigenvalue weighted by Crippen LogP contribution is -2.14. The van der Waals surface area contributed by atoms with Crippen molar-refractivity contribution < 1.29 is 28.5 Å². The van der Waals surface area contributed by atoms with Crippen molar-refractivity contribution in [3.8, 4) is 22.6 Å². The third-order valence-corrected chi connectivity index (χ3v) is 5.39. The van der Waals surface area contributed by atoms with E-state index < -0.39 is 11.9 Å². The van der Waals surface area contributed by atoms with Crippen molar-refractivity contribution in [2.24, 2.45) is 0 Å². The molecule has 0 aliphatic heterocycles. The van der Waals surface area contributed by atoms with Crippen molar-refractivity contribution in [2.75, 3.05) is 28.4 Å². The van der Waals surface area contributed by atoms with Gasteiger partial charge in [0.15, 0.2) is 11.5 Å². The van der Waals surface area contributed by atoms with Gasteiger partial charge in [0.05, 0.1) is 49.6 Å². The molecule has 30 heavy (non-hydrogen) atoms. The molecule has 0 fully saturated rings. The molecule has 156 valence electrons. The molecular weight excluding hydrogens is 431 g/mol. The van der Waals surface area contributed by atoms with Gasteiger partial charge in [0.1, 0.15) is 0 Å². The van der Waals surface area contributed by atoms with E-state index in [4.69, 9.17) is 42.1 Å². The van der Waals surface area contributed by atoms with E-state index in [0.29, 0.717) is 43.4 Å². The molecule has 3 aromatic rings. The topological polar surface area (TPSA) is 71.1 Å². The summed E-state index contributed by atoms with van der Waals surface area (Å²) in [5.41, 5.74) is 1.08. The molecule has 3 rings (SSSR count). The van der Waals surface area contributed by atoms with Crippen molar-refractivity contribution in [1.29, 1.82) is 0 Å². The molecule has 3 aromatic carbocycles. The molecule has 8 heteroatoms. The van der Waals surface area contributed by atoms with Gasteiger partial charge in [0.2, 0.25) is 0 Å². The van der Waals surface area contributed by atoms with Crippen LogP contribution in [0, 0.1) is 0 Å². The standard InChI is InChI=1S/C22H18Cl2O6/c1-27-17-9-12-7-14(21(25)29-3)20(22(26)30-4)19(13(12)10-18(17)28-2)11-5-6-15(23)16(24)8-11/h5-10H,1-4H3. The third kappa shape index (κ3) is 3.76. The van der Waals surface area contributed by atoms with Gasteiger partial charge in [-0.1, -0.05) is 29.3 Å². The van der Waals surface area contributed by atoms with Crippen molar-refractivity contribution >= 4 is 45.9 Å². The maximum absolute atomic E-state index is 12.8. The number of ether oxygens (including phenoxy) is 4. The predicted molar refractivity (Wildman–Crippen MR) is 115 cm³/mol. The van der Waals surface area contributed by atoms with E-state index >= 15 is 0 Å². The van der Waals surface area contributed by atoms with E-state index in [1.54, 1.807) is 36.4 Å². The summed E-state index contributed by atoms with van der Waals surface area (Å²) in [7, 11) is 5.49. The molecule has 0 spiro atoms. The molecule has 0 heterocycles. The molecule has 0 aliphatic rings. The number of fused-ring (bicyclic) bond motifs is 1. The minimum absolute atomic E-state index is 0.0439. The molecule has 6 nitrogen and oxygen atoms in total. The zero-order chi connectivity index (χ0) is 22.0. The minimum atomic E-state index is -0.701. The van der Waals surface area contributed by atoms with Gasteiger partial charge >= 0.3 is 11.9 Å². The lowest BCUT2D eigenvalue weighted by Gasteiger charge is -2.18. The van der Waals surface area contributed by atoms with Gasteiger partial charge < -0.3 is 18.9 Å². The van der Waals surface area contributed by atoms with Crippen molar-refractivity contribution in [3.05, 3.63) is 57.6 Å². The summed E-state index contributed by atoms with van der Waals surface area (Å²) < 4.78 is 20.7. The molecule has 0 bridgehead atoms. The normalized spacial score (nSPS) is 10.6. The van der Waals surface area contributed by atoms with E-state index in [-0.39, 0.29) is 11.1 Å². The van der Waals surface area contributed by atoms with Crippen molar-refractivity contribution in [1.82, 2.24) is 0 Å².